The van der Waals surface area contributed by atoms with Gasteiger partial charge in [0.05, 0.1) is 12.4 Å². The van der Waals surface area contributed by atoms with Gasteiger partial charge in [-0.1, -0.05) is 15.5 Å². The van der Waals surface area contributed by atoms with Gasteiger partial charge in [0.15, 0.2) is 0 Å². The maximum absolute atomic E-state index is 8.21. The molecule has 0 unspecified atom stereocenters. The van der Waals surface area contributed by atoms with Gasteiger partial charge in [-0.05, 0) is 0 Å². The van der Waals surface area contributed by atoms with Crippen LogP contribution >= 0.6 is 0 Å². The van der Waals surface area contributed by atoms with E-state index in [4.69, 9.17) is 14.3 Å². The maximum atomic E-state index is 8.21. The molecule has 2 aromatic rings. The molecule has 2 aromatic heterocycles. The fourth-order valence-corrected chi connectivity index (χ4v) is 0.868. The minimum absolute atomic E-state index is 0.411. The molecule has 0 spiro atoms. The average Bonchev–Trinajstić information content (AvgIpc) is 2.70. The van der Waals surface area contributed by atoms with Gasteiger partial charge in [0.2, 0.25) is 11.5 Å². The van der Waals surface area contributed by atoms with Crippen molar-refractivity contribution in [3.8, 4) is 11.5 Å². The van der Waals surface area contributed by atoms with Crippen LogP contribution in [0.5, 0.6) is 0 Å². The molecule has 0 aliphatic rings. The van der Waals surface area contributed by atoms with Crippen LogP contribution in [0.1, 0.15) is 5.69 Å². The van der Waals surface area contributed by atoms with Gasteiger partial charge in [0.25, 0.3) is 0 Å². The summed E-state index contributed by atoms with van der Waals surface area (Å²) >= 11 is 0. The van der Waals surface area contributed by atoms with Crippen LogP contribution in [-0.4, -0.2) is 21.7 Å². The first kappa shape index (κ1) is 7.53. The summed E-state index contributed by atoms with van der Waals surface area (Å²) < 4.78 is 9.70. The summed E-state index contributed by atoms with van der Waals surface area (Å²) in [7, 11) is 0. The quantitative estimate of drug-likeness (QED) is 0.424. The first-order valence-electron chi connectivity index (χ1n) is 3.45. The molecule has 0 saturated carbocycles. The van der Waals surface area contributed by atoms with Crippen LogP contribution < -0.4 is 0 Å². The molecule has 2 rings (SSSR count). The minimum atomic E-state index is 0.411. The van der Waals surface area contributed by atoms with Crippen molar-refractivity contribution in [1.29, 1.82) is 0 Å². The van der Waals surface area contributed by atoms with Crippen LogP contribution in [0, 0.1) is 0 Å². The summed E-state index contributed by atoms with van der Waals surface area (Å²) in [6.07, 6.45) is 2.65. The van der Waals surface area contributed by atoms with E-state index in [-0.39, 0.29) is 0 Å². The zero-order valence-corrected chi connectivity index (χ0v) is 6.41. The van der Waals surface area contributed by atoms with Gasteiger partial charge in [0.1, 0.15) is 5.69 Å². The molecule has 0 saturated heterocycles. The van der Waals surface area contributed by atoms with Gasteiger partial charge in [-0.2, -0.15) is 0 Å². The second-order valence-electron chi connectivity index (χ2n) is 2.24. The SMILES string of the molecule is ON=Cc1cc(-c2ccno2)on1. The Balaban J connectivity index is 2.33. The third-order valence-corrected chi connectivity index (χ3v) is 1.40. The Bertz CT molecular complexity index is 404. The molecule has 0 fully saturated rings. The Morgan fingerprint density at radius 1 is 1.38 bits per heavy atom. The van der Waals surface area contributed by atoms with Crippen molar-refractivity contribution in [2.75, 3.05) is 0 Å². The first-order chi connectivity index (χ1) is 6.40. The number of nitrogens with zero attached hydrogens (tertiary/aromatic N) is 3. The van der Waals surface area contributed by atoms with Crippen molar-refractivity contribution in [2.24, 2.45) is 5.16 Å². The van der Waals surface area contributed by atoms with Crippen molar-refractivity contribution >= 4 is 6.21 Å². The van der Waals surface area contributed by atoms with E-state index in [0.29, 0.717) is 17.2 Å². The van der Waals surface area contributed by atoms with Crippen LogP contribution in [0.2, 0.25) is 0 Å². The van der Waals surface area contributed by atoms with Gasteiger partial charge in [0, 0.05) is 12.1 Å². The first-order valence-corrected chi connectivity index (χ1v) is 3.45. The fraction of sp³-hybridized carbons (Fsp3) is 0. The standard InChI is InChI=1S/C7H5N3O3/c11-8-4-5-3-7(13-10-5)6-1-2-9-12-6/h1-4,11H. The van der Waals surface area contributed by atoms with Crippen LogP contribution in [0.4, 0.5) is 0 Å². The largest absolute Gasteiger partial charge is 0.411 e. The predicted molar refractivity (Wildman–Crippen MR) is 41.4 cm³/mol. The lowest BCUT2D eigenvalue weighted by molar-refractivity contribution is 0.321. The molecule has 0 atom stereocenters. The van der Waals surface area contributed by atoms with E-state index in [0.717, 1.165) is 6.21 Å². The van der Waals surface area contributed by atoms with Crippen LogP contribution in [0.15, 0.2) is 32.5 Å². The topological polar surface area (TPSA) is 84.7 Å². The van der Waals surface area contributed by atoms with E-state index >= 15 is 0 Å². The monoisotopic (exact) mass is 179 g/mol. The molecule has 0 aromatic carbocycles. The molecule has 1 N–H and O–H groups in total. The second kappa shape index (κ2) is 3.10. The van der Waals surface area contributed by atoms with E-state index < -0.39 is 0 Å². The van der Waals surface area contributed by atoms with Crippen LogP contribution in [0.25, 0.3) is 11.5 Å². The molecule has 0 aliphatic carbocycles. The number of hydrogen-bond donors (Lipinski definition) is 1. The summed E-state index contributed by atoms with van der Waals surface area (Å²) in [4.78, 5) is 0. The lowest BCUT2D eigenvalue weighted by atomic mass is 10.3. The number of aromatic nitrogens is 2. The van der Waals surface area contributed by atoms with Crippen LogP contribution in [-0.2, 0) is 0 Å². The molecule has 0 aliphatic heterocycles. The normalized spacial score (nSPS) is 11.1. The average molecular weight is 179 g/mol. The molecule has 6 nitrogen and oxygen atoms in total. The van der Waals surface area contributed by atoms with Crippen molar-refractivity contribution in [3.63, 3.8) is 0 Å². The summed E-state index contributed by atoms with van der Waals surface area (Å²) in [5, 5.41) is 18.1. The Hall–Kier alpha value is -2.11. The zero-order chi connectivity index (χ0) is 9.10. The smallest absolute Gasteiger partial charge is 0.205 e. The third kappa shape index (κ3) is 1.41. The summed E-state index contributed by atoms with van der Waals surface area (Å²) in [6.45, 7) is 0. The zero-order valence-electron chi connectivity index (χ0n) is 6.41. The fourth-order valence-electron chi connectivity index (χ4n) is 0.868. The van der Waals surface area contributed by atoms with E-state index in [9.17, 15) is 0 Å². The Morgan fingerprint density at radius 2 is 2.31 bits per heavy atom. The van der Waals surface area contributed by atoms with Crippen molar-refractivity contribution < 1.29 is 14.3 Å². The van der Waals surface area contributed by atoms with E-state index in [2.05, 4.69) is 15.5 Å². The Kier molecular flexibility index (Phi) is 1.79. The van der Waals surface area contributed by atoms with Crippen molar-refractivity contribution in [2.45, 2.75) is 0 Å². The number of hydrogen-bond acceptors (Lipinski definition) is 6. The van der Waals surface area contributed by atoms with Gasteiger partial charge < -0.3 is 14.3 Å². The lowest BCUT2D eigenvalue weighted by Crippen LogP contribution is -1.76. The molecule has 0 amide bonds. The van der Waals surface area contributed by atoms with Gasteiger partial charge in [-0.3, -0.25) is 0 Å². The molecule has 0 radical (unpaired) electrons. The summed E-state index contributed by atoms with van der Waals surface area (Å²) in [5.74, 6) is 0.914. The number of rotatable bonds is 2. The molecular weight excluding hydrogens is 174 g/mol. The highest BCUT2D eigenvalue weighted by atomic mass is 16.5. The Labute approximate surface area is 72.4 Å². The highest BCUT2D eigenvalue weighted by molar-refractivity contribution is 5.77. The highest BCUT2D eigenvalue weighted by Crippen LogP contribution is 2.18. The van der Waals surface area contributed by atoms with Gasteiger partial charge in [-0.25, -0.2) is 0 Å². The van der Waals surface area contributed by atoms with Gasteiger partial charge in [-0.15, -0.1) is 0 Å². The third-order valence-electron chi connectivity index (χ3n) is 1.40. The van der Waals surface area contributed by atoms with Crippen molar-refractivity contribution in [3.05, 3.63) is 24.0 Å². The molecular formula is C7H5N3O3. The predicted octanol–water partition coefficient (Wildman–Crippen LogP) is 1.14. The van der Waals surface area contributed by atoms with E-state index in [1.807, 2.05) is 0 Å². The molecule has 0 bridgehead atoms. The van der Waals surface area contributed by atoms with E-state index in [1.54, 1.807) is 12.1 Å². The maximum Gasteiger partial charge on any atom is 0.205 e. The molecule has 66 valence electrons. The Morgan fingerprint density at radius 3 is 3.00 bits per heavy atom. The number of oxime groups is 1. The van der Waals surface area contributed by atoms with Crippen molar-refractivity contribution in [1.82, 2.24) is 10.3 Å². The highest BCUT2D eigenvalue weighted by Gasteiger charge is 2.08. The molecule has 6 heteroatoms. The van der Waals surface area contributed by atoms with Crippen LogP contribution in [0.3, 0.4) is 0 Å². The van der Waals surface area contributed by atoms with E-state index in [1.165, 1.54) is 6.20 Å². The molecule has 13 heavy (non-hydrogen) atoms. The second-order valence-corrected chi connectivity index (χ2v) is 2.24. The molecule has 2 heterocycles. The lowest BCUT2D eigenvalue weighted by Gasteiger charge is -1.80. The minimum Gasteiger partial charge on any atom is -0.411 e. The van der Waals surface area contributed by atoms with Gasteiger partial charge >= 0.3 is 0 Å². The summed E-state index contributed by atoms with van der Waals surface area (Å²) in [5.41, 5.74) is 0.411. The summed E-state index contributed by atoms with van der Waals surface area (Å²) in [6, 6.07) is 3.21.